The van der Waals surface area contributed by atoms with Crippen LogP contribution in [0.25, 0.3) is 0 Å². The lowest BCUT2D eigenvalue weighted by atomic mass is 9.87. The molecule has 0 bridgehead atoms. The average molecular weight is 391 g/mol. The molecule has 10 heteroatoms. The lowest BCUT2D eigenvalue weighted by Gasteiger charge is -2.37. The summed E-state index contributed by atoms with van der Waals surface area (Å²) < 4.78 is 5.72. The maximum atomic E-state index is 12.5. The second kappa shape index (κ2) is 6.33. The number of amides is 3. The number of hydrogen-bond donors (Lipinski definition) is 5. The number of epoxide rings is 1. The number of aliphatic hydroxyl groups excluding tert-OH is 4. The van der Waals surface area contributed by atoms with Crippen molar-refractivity contribution in [3.8, 4) is 0 Å². The number of nitrogens with one attached hydrogen (secondary N) is 1. The van der Waals surface area contributed by atoms with E-state index < -0.39 is 48.6 Å². The van der Waals surface area contributed by atoms with E-state index in [1.807, 2.05) is 26.0 Å². The molecule has 5 N–H and O–H groups in total. The smallest absolute Gasteiger partial charge is 0.349 e. The molecule has 3 aliphatic heterocycles. The highest BCUT2D eigenvalue weighted by atomic mass is 16.6. The van der Waals surface area contributed by atoms with Gasteiger partial charge < -0.3 is 30.1 Å². The number of fused-ring (bicyclic) bond motifs is 2. The van der Waals surface area contributed by atoms with Crippen molar-refractivity contribution in [2.75, 3.05) is 18.1 Å². The Labute approximate surface area is 160 Å². The highest BCUT2D eigenvalue weighted by molar-refractivity contribution is 6.29. The third-order valence-corrected chi connectivity index (χ3v) is 5.53. The van der Waals surface area contributed by atoms with Crippen LogP contribution >= 0.6 is 0 Å². The number of nitrogens with zero attached hydrogens (tertiary/aromatic N) is 2. The van der Waals surface area contributed by atoms with Crippen LogP contribution in [0.1, 0.15) is 22.8 Å². The predicted molar refractivity (Wildman–Crippen MR) is 95.9 cm³/mol. The molecular weight excluding hydrogens is 370 g/mol. The Hall–Kier alpha value is -2.37. The molecule has 28 heavy (non-hydrogen) atoms. The van der Waals surface area contributed by atoms with Gasteiger partial charge in [0.05, 0.1) is 13.2 Å². The van der Waals surface area contributed by atoms with E-state index in [9.17, 15) is 24.9 Å². The number of β-amino-alcohol motifs (C(OH)–C–C–N with tert-alkyl or cyclic N) is 1. The first-order valence-corrected chi connectivity index (χ1v) is 8.86. The van der Waals surface area contributed by atoms with Crippen molar-refractivity contribution in [1.29, 1.82) is 0 Å². The van der Waals surface area contributed by atoms with Crippen LogP contribution in [0, 0.1) is 13.8 Å². The van der Waals surface area contributed by atoms with E-state index in [4.69, 9.17) is 9.84 Å². The molecule has 1 saturated heterocycles. The van der Waals surface area contributed by atoms with Gasteiger partial charge in [-0.2, -0.15) is 4.99 Å². The van der Waals surface area contributed by atoms with Crippen LogP contribution in [0.3, 0.4) is 0 Å². The van der Waals surface area contributed by atoms with Crippen molar-refractivity contribution < 1.29 is 34.8 Å². The molecule has 5 unspecified atom stereocenters. The molecule has 4 rings (SSSR count). The minimum Gasteiger partial charge on any atom is -0.394 e. The van der Waals surface area contributed by atoms with Gasteiger partial charge in [-0.15, -0.1) is 0 Å². The van der Waals surface area contributed by atoms with E-state index in [0.29, 0.717) is 11.3 Å². The molecule has 1 aromatic carbocycles. The number of imide groups is 1. The second-order valence-electron chi connectivity index (χ2n) is 7.34. The summed E-state index contributed by atoms with van der Waals surface area (Å²) in [5.74, 6) is -0.599. The molecule has 0 aliphatic carbocycles. The van der Waals surface area contributed by atoms with E-state index in [1.165, 1.54) is 4.90 Å². The molecule has 3 aliphatic rings. The molecule has 1 fully saturated rings. The minimum absolute atomic E-state index is 0.0340. The van der Waals surface area contributed by atoms with E-state index >= 15 is 0 Å². The van der Waals surface area contributed by atoms with Crippen LogP contribution in [0.15, 0.2) is 17.1 Å². The molecule has 5 atom stereocenters. The molecule has 0 aromatic heterocycles. The number of aliphatic imine (C=N–C) groups is 1. The van der Waals surface area contributed by atoms with E-state index in [0.717, 1.165) is 11.1 Å². The zero-order valence-electron chi connectivity index (χ0n) is 15.3. The third-order valence-electron chi connectivity index (χ3n) is 5.53. The Morgan fingerprint density at radius 3 is 2.57 bits per heavy atom. The van der Waals surface area contributed by atoms with Crippen molar-refractivity contribution in [1.82, 2.24) is 5.32 Å². The first kappa shape index (κ1) is 19.0. The zero-order valence-corrected chi connectivity index (χ0v) is 15.3. The lowest BCUT2D eigenvalue weighted by molar-refractivity contribution is -0.123. The normalized spacial score (nSPS) is 28.4. The maximum absolute atomic E-state index is 12.5. The summed E-state index contributed by atoms with van der Waals surface area (Å²) in [6.45, 7) is 2.80. The molecule has 3 amide bonds. The third kappa shape index (κ3) is 2.57. The minimum atomic E-state index is -1.64. The van der Waals surface area contributed by atoms with Crippen molar-refractivity contribution in [2.24, 2.45) is 4.99 Å². The van der Waals surface area contributed by atoms with Gasteiger partial charge in [0.15, 0.2) is 5.84 Å². The summed E-state index contributed by atoms with van der Waals surface area (Å²) in [6.07, 6.45) is -5.28. The fourth-order valence-electron chi connectivity index (χ4n) is 3.76. The molecule has 10 nitrogen and oxygen atoms in total. The number of rotatable bonds is 5. The number of aryl methyl sites for hydroxylation is 2. The number of anilines is 1. The molecule has 3 heterocycles. The summed E-state index contributed by atoms with van der Waals surface area (Å²) in [4.78, 5) is 29.8. The van der Waals surface area contributed by atoms with Crippen molar-refractivity contribution in [2.45, 2.75) is 43.9 Å². The number of aliphatic hydroxyl groups is 4. The van der Waals surface area contributed by atoms with Gasteiger partial charge in [-0.25, -0.2) is 4.79 Å². The quantitative estimate of drug-likeness (QED) is 0.386. The number of benzene rings is 1. The summed E-state index contributed by atoms with van der Waals surface area (Å²) in [7, 11) is 0. The largest absolute Gasteiger partial charge is 0.394 e. The molecule has 0 radical (unpaired) electrons. The molecule has 150 valence electrons. The van der Waals surface area contributed by atoms with E-state index in [2.05, 4.69) is 10.3 Å². The molecule has 0 saturated carbocycles. The van der Waals surface area contributed by atoms with Gasteiger partial charge in [0.2, 0.25) is 5.60 Å². The van der Waals surface area contributed by atoms with Crippen LogP contribution in [-0.2, 0) is 9.53 Å². The van der Waals surface area contributed by atoms with Crippen LogP contribution < -0.4 is 10.2 Å². The lowest BCUT2D eigenvalue weighted by Crippen LogP contribution is -2.60. The summed E-state index contributed by atoms with van der Waals surface area (Å²) >= 11 is 0. The Morgan fingerprint density at radius 1 is 1.21 bits per heavy atom. The average Bonchev–Trinajstić information content (AvgIpc) is 3.40. The van der Waals surface area contributed by atoms with E-state index in [1.54, 1.807) is 0 Å². The van der Waals surface area contributed by atoms with Crippen LogP contribution in [0.4, 0.5) is 10.5 Å². The van der Waals surface area contributed by atoms with Crippen molar-refractivity contribution in [3.63, 3.8) is 0 Å². The standard InChI is InChI=1S/C18H21N3O7/c1-7-3-9-10(4-8(7)2)21(5-11(23)13(25)12(24)6-22)15-18(14(9)28-18)16(26)20-17(27)19-15/h3-4,11-14,22-25H,5-6H2,1-2H3,(H,20,26,27). The Bertz CT molecular complexity index is 901. The highest BCUT2D eigenvalue weighted by Crippen LogP contribution is 2.58. The number of hydrogen-bond acceptors (Lipinski definition) is 8. The SMILES string of the molecule is Cc1cc2c(cc1C)N(CC(O)C(O)C(O)CO)C1=NC(=O)NC(=O)C13OC23. The number of carbonyl (C=O) groups excluding carboxylic acids is 2. The van der Waals surface area contributed by atoms with Gasteiger partial charge in [-0.1, -0.05) is 6.07 Å². The summed E-state index contributed by atoms with van der Waals surface area (Å²) in [5.41, 5.74) is 1.76. The Kier molecular flexibility index (Phi) is 4.28. The predicted octanol–water partition coefficient (Wildman–Crippen LogP) is -1.34. The number of carbonyl (C=O) groups is 2. The monoisotopic (exact) mass is 391 g/mol. The van der Waals surface area contributed by atoms with Crippen LogP contribution in [-0.4, -0.2) is 75.3 Å². The molecular formula is C18H21N3O7. The Balaban J connectivity index is 1.80. The highest BCUT2D eigenvalue weighted by Gasteiger charge is 2.73. The summed E-state index contributed by atoms with van der Waals surface area (Å²) in [5, 5.41) is 41.2. The number of ether oxygens (including phenoxy) is 1. The van der Waals surface area contributed by atoms with Crippen molar-refractivity contribution >= 4 is 23.5 Å². The second-order valence-corrected chi connectivity index (χ2v) is 7.34. The first-order chi connectivity index (χ1) is 13.2. The van der Waals surface area contributed by atoms with Gasteiger partial charge in [-0.3, -0.25) is 10.1 Å². The number of amidine groups is 1. The van der Waals surface area contributed by atoms with Gasteiger partial charge >= 0.3 is 6.03 Å². The summed E-state index contributed by atoms with van der Waals surface area (Å²) in [6, 6.07) is 2.86. The molecule has 1 spiro atoms. The first-order valence-electron chi connectivity index (χ1n) is 8.86. The van der Waals surface area contributed by atoms with Gasteiger partial charge in [0, 0.05) is 11.3 Å². The van der Waals surface area contributed by atoms with Crippen LogP contribution in [0.2, 0.25) is 0 Å². The van der Waals surface area contributed by atoms with Crippen molar-refractivity contribution in [3.05, 3.63) is 28.8 Å². The fourth-order valence-corrected chi connectivity index (χ4v) is 3.76. The van der Waals surface area contributed by atoms with Gasteiger partial charge in [0.25, 0.3) is 5.91 Å². The fraction of sp³-hybridized carbons (Fsp3) is 0.500. The number of urea groups is 1. The van der Waals surface area contributed by atoms with Gasteiger partial charge in [-0.05, 0) is 31.0 Å². The zero-order chi connectivity index (χ0) is 20.4. The van der Waals surface area contributed by atoms with Gasteiger partial charge in [0.1, 0.15) is 24.4 Å². The van der Waals surface area contributed by atoms with Crippen LogP contribution in [0.5, 0.6) is 0 Å². The maximum Gasteiger partial charge on any atom is 0.349 e. The topological polar surface area (TPSA) is 155 Å². The molecule has 1 aromatic rings. The Morgan fingerprint density at radius 2 is 1.89 bits per heavy atom. The van der Waals surface area contributed by atoms with E-state index in [-0.39, 0.29) is 12.4 Å².